The first-order valence-electron chi connectivity index (χ1n) is 6.31. The van der Waals surface area contributed by atoms with Gasteiger partial charge in [0.15, 0.2) is 0 Å². The lowest BCUT2D eigenvalue weighted by Crippen LogP contribution is -2.36. The van der Waals surface area contributed by atoms with Crippen molar-refractivity contribution in [2.75, 3.05) is 7.05 Å². The van der Waals surface area contributed by atoms with Crippen molar-refractivity contribution in [1.82, 2.24) is 9.88 Å². The van der Waals surface area contributed by atoms with Crippen molar-refractivity contribution in [2.24, 2.45) is 5.41 Å². The molecule has 1 heterocycles. The van der Waals surface area contributed by atoms with Gasteiger partial charge in [0.2, 0.25) is 0 Å². The van der Waals surface area contributed by atoms with Crippen molar-refractivity contribution in [2.45, 2.75) is 33.4 Å². The van der Waals surface area contributed by atoms with E-state index in [1.807, 2.05) is 39.0 Å². The standard InChI is InChI=1S/C15H22N2O2/c1-15(2,3)8-7-13(14(18)19)17(4)11-12-6-5-9-16-10-12/h5-10,13H,11H2,1-4H3,(H,18,19)/b8-7+/t13-/m1/s1. The van der Waals surface area contributed by atoms with Crippen molar-refractivity contribution in [3.05, 3.63) is 42.2 Å². The summed E-state index contributed by atoms with van der Waals surface area (Å²) in [5, 5.41) is 9.31. The van der Waals surface area contributed by atoms with Gasteiger partial charge in [-0.15, -0.1) is 0 Å². The minimum absolute atomic E-state index is 0.0250. The molecule has 0 saturated carbocycles. The summed E-state index contributed by atoms with van der Waals surface area (Å²) in [6, 6.07) is 3.17. The highest BCUT2D eigenvalue weighted by molar-refractivity contribution is 5.75. The molecule has 0 bridgehead atoms. The van der Waals surface area contributed by atoms with Crippen LogP contribution >= 0.6 is 0 Å². The minimum atomic E-state index is -0.841. The Labute approximate surface area is 114 Å². The molecule has 104 valence electrons. The van der Waals surface area contributed by atoms with Crippen molar-refractivity contribution in [3.8, 4) is 0 Å². The van der Waals surface area contributed by atoms with Crippen LogP contribution in [0.1, 0.15) is 26.3 Å². The number of likely N-dealkylation sites (N-methyl/N-ethyl adjacent to an activating group) is 1. The van der Waals surface area contributed by atoms with Crippen LogP contribution < -0.4 is 0 Å². The van der Waals surface area contributed by atoms with E-state index >= 15 is 0 Å². The Hall–Kier alpha value is -1.68. The molecule has 4 nitrogen and oxygen atoms in total. The minimum Gasteiger partial charge on any atom is -0.480 e. The Bertz CT molecular complexity index is 435. The largest absolute Gasteiger partial charge is 0.480 e. The number of carbonyl (C=O) groups is 1. The van der Waals surface area contributed by atoms with Gasteiger partial charge < -0.3 is 5.11 Å². The molecule has 0 fully saturated rings. The van der Waals surface area contributed by atoms with E-state index in [2.05, 4.69) is 4.98 Å². The lowest BCUT2D eigenvalue weighted by Gasteiger charge is -2.23. The first-order valence-corrected chi connectivity index (χ1v) is 6.31. The third-order valence-corrected chi connectivity index (χ3v) is 2.66. The topological polar surface area (TPSA) is 53.4 Å². The number of hydrogen-bond donors (Lipinski definition) is 1. The quantitative estimate of drug-likeness (QED) is 0.829. The molecule has 0 unspecified atom stereocenters. The Morgan fingerprint density at radius 1 is 1.53 bits per heavy atom. The number of aromatic nitrogens is 1. The van der Waals surface area contributed by atoms with E-state index < -0.39 is 12.0 Å². The van der Waals surface area contributed by atoms with Gasteiger partial charge >= 0.3 is 5.97 Å². The number of carboxylic acid groups (broad SMARTS) is 1. The van der Waals surface area contributed by atoms with E-state index in [1.165, 1.54) is 0 Å². The molecule has 19 heavy (non-hydrogen) atoms. The summed E-state index contributed by atoms with van der Waals surface area (Å²) in [4.78, 5) is 17.2. The summed E-state index contributed by atoms with van der Waals surface area (Å²) in [7, 11) is 1.80. The van der Waals surface area contributed by atoms with Crippen LogP contribution in [-0.2, 0) is 11.3 Å². The molecule has 0 aliphatic heterocycles. The smallest absolute Gasteiger partial charge is 0.324 e. The first-order chi connectivity index (χ1) is 8.79. The zero-order valence-corrected chi connectivity index (χ0v) is 12.0. The van der Waals surface area contributed by atoms with Gasteiger partial charge in [-0.25, -0.2) is 0 Å². The highest BCUT2D eigenvalue weighted by Gasteiger charge is 2.20. The highest BCUT2D eigenvalue weighted by atomic mass is 16.4. The fourth-order valence-corrected chi connectivity index (χ4v) is 1.68. The molecule has 1 aromatic heterocycles. The molecule has 0 radical (unpaired) electrons. The van der Waals surface area contributed by atoms with Crippen molar-refractivity contribution in [3.63, 3.8) is 0 Å². The van der Waals surface area contributed by atoms with Gasteiger partial charge in [-0.3, -0.25) is 14.7 Å². The molecule has 0 amide bonds. The Kier molecular flexibility index (Phi) is 5.24. The van der Waals surface area contributed by atoms with Crippen LogP contribution in [0.2, 0.25) is 0 Å². The second-order valence-electron chi connectivity index (χ2n) is 5.78. The molecule has 1 atom stereocenters. The third kappa shape index (κ3) is 5.66. The number of rotatable bonds is 5. The molecule has 0 aliphatic rings. The van der Waals surface area contributed by atoms with Crippen LogP contribution in [-0.4, -0.2) is 34.0 Å². The molecule has 0 spiro atoms. The maximum Gasteiger partial charge on any atom is 0.324 e. The SMILES string of the molecule is CN(Cc1cccnc1)[C@H](/C=C/C(C)(C)C)C(=O)O. The zero-order valence-electron chi connectivity index (χ0n) is 12.0. The molecular formula is C15H22N2O2. The second kappa shape index (κ2) is 6.48. The first kappa shape index (κ1) is 15.4. The van der Waals surface area contributed by atoms with Crippen LogP contribution in [0.15, 0.2) is 36.7 Å². The average Bonchev–Trinajstić information content (AvgIpc) is 2.28. The molecule has 0 aromatic carbocycles. The summed E-state index contributed by atoms with van der Waals surface area (Å²) < 4.78 is 0. The molecule has 1 rings (SSSR count). The summed E-state index contributed by atoms with van der Waals surface area (Å²) in [6.45, 7) is 6.69. The number of pyridine rings is 1. The van der Waals surface area contributed by atoms with E-state index in [-0.39, 0.29) is 5.41 Å². The van der Waals surface area contributed by atoms with E-state index in [0.717, 1.165) is 5.56 Å². The van der Waals surface area contributed by atoms with Crippen molar-refractivity contribution < 1.29 is 9.90 Å². The third-order valence-electron chi connectivity index (χ3n) is 2.66. The van der Waals surface area contributed by atoms with E-state index in [1.54, 1.807) is 30.4 Å². The fraction of sp³-hybridized carbons (Fsp3) is 0.467. The van der Waals surface area contributed by atoms with Crippen LogP contribution in [0.25, 0.3) is 0 Å². The summed E-state index contributed by atoms with van der Waals surface area (Å²) in [6.07, 6.45) is 7.14. The molecule has 1 N–H and O–H groups in total. The predicted molar refractivity (Wildman–Crippen MR) is 75.7 cm³/mol. The highest BCUT2D eigenvalue weighted by Crippen LogP contribution is 2.16. The van der Waals surface area contributed by atoms with Crippen LogP contribution in [0, 0.1) is 5.41 Å². The maximum absolute atomic E-state index is 11.3. The van der Waals surface area contributed by atoms with Crippen LogP contribution in [0.5, 0.6) is 0 Å². The van der Waals surface area contributed by atoms with Gasteiger partial charge in [-0.2, -0.15) is 0 Å². The maximum atomic E-state index is 11.3. The van der Waals surface area contributed by atoms with E-state index in [9.17, 15) is 9.90 Å². The number of carboxylic acids is 1. The Morgan fingerprint density at radius 3 is 2.68 bits per heavy atom. The summed E-state index contributed by atoms with van der Waals surface area (Å²) in [5.41, 5.74) is 0.975. The van der Waals surface area contributed by atoms with Gasteiger partial charge in [-0.05, 0) is 24.1 Å². The van der Waals surface area contributed by atoms with Crippen molar-refractivity contribution >= 4 is 5.97 Å². The summed E-state index contributed by atoms with van der Waals surface area (Å²) >= 11 is 0. The fourth-order valence-electron chi connectivity index (χ4n) is 1.68. The molecule has 0 saturated heterocycles. The van der Waals surface area contributed by atoms with Crippen molar-refractivity contribution in [1.29, 1.82) is 0 Å². The molecule has 1 aromatic rings. The number of nitrogens with zero attached hydrogens (tertiary/aromatic N) is 2. The molecule has 0 aliphatic carbocycles. The normalized spacial score (nSPS) is 13.9. The lowest BCUT2D eigenvalue weighted by atomic mass is 9.95. The van der Waals surface area contributed by atoms with E-state index in [0.29, 0.717) is 6.54 Å². The molecule has 4 heteroatoms. The Balaban J connectivity index is 2.77. The van der Waals surface area contributed by atoms with Gasteiger partial charge in [0.1, 0.15) is 6.04 Å². The van der Waals surface area contributed by atoms with Gasteiger partial charge in [0.05, 0.1) is 0 Å². The monoisotopic (exact) mass is 262 g/mol. The summed E-state index contributed by atoms with van der Waals surface area (Å²) in [5.74, 6) is -0.841. The van der Waals surface area contributed by atoms with Crippen LogP contribution in [0.4, 0.5) is 0 Å². The lowest BCUT2D eigenvalue weighted by molar-refractivity contribution is -0.141. The number of aliphatic carboxylic acids is 1. The predicted octanol–water partition coefficient (Wildman–Crippen LogP) is 2.57. The zero-order chi connectivity index (χ0) is 14.5. The van der Waals surface area contributed by atoms with E-state index in [4.69, 9.17) is 0 Å². The average molecular weight is 262 g/mol. The van der Waals surface area contributed by atoms with Gasteiger partial charge in [0, 0.05) is 18.9 Å². The van der Waals surface area contributed by atoms with Crippen LogP contribution in [0.3, 0.4) is 0 Å². The van der Waals surface area contributed by atoms with Gasteiger partial charge in [0.25, 0.3) is 0 Å². The molecular weight excluding hydrogens is 240 g/mol. The second-order valence-corrected chi connectivity index (χ2v) is 5.78. The number of hydrogen-bond acceptors (Lipinski definition) is 3. The van der Waals surface area contributed by atoms with Gasteiger partial charge in [-0.1, -0.05) is 39.0 Å². The Morgan fingerprint density at radius 2 is 2.21 bits per heavy atom. The number of allylic oxidation sites excluding steroid dienone is 1.